The van der Waals surface area contributed by atoms with Gasteiger partial charge in [0.05, 0.1) is 5.56 Å². The lowest BCUT2D eigenvalue weighted by Crippen LogP contribution is -2.07. The first-order valence-corrected chi connectivity index (χ1v) is 10.5. The van der Waals surface area contributed by atoms with E-state index in [0.29, 0.717) is 17.2 Å². The van der Waals surface area contributed by atoms with Gasteiger partial charge in [-0.25, -0.2) is 4.79 Å². The Kier molecular flexibility index (Phi) is 9.28. The third-order valence-corrected chi connectivity index (χ3v) is 5.29. The van der Waals surface area contributed by atoms with Crippen molar-refractivity contribution in [3.63, 3.8) is 0 Å². The second-order valence-corrected chi connectivity index (χ2v) is 8.33. The van der Waals surface area contributed by atoms with Gasteiger partial charge in [-0.05, 0) is 70.1 Å². The number of hydrogen-bond donors (Lipinski definition) is 1. The number of allylic oxidation sites excluding steroid dienone is 8. The molecule has 1 aromatic rings. The van der Waals surface area contributed by atoms with Crippen LogP contribution in [-0.2, 0) is 4.79 Å². The van der Waals surface area contributed by atoms with Gasteiger partial charge in [-0.15, -0.1) is 0 Å². The average Bonchev–Trinajstić information content (AvgIpc) is 2.67. The molecule has 1 N–H and O–H groups in total. The summed E-state index contributed by atoms with van der Waals surface area (Å²) >= 11 is 0. The van der Waals surface area contributed by atoms with Crippen LogP contribution in [0.15, 0.2) is 50.2 Å². The predicted molar refractivity (Wildman–Crippen MR) is 125 cm³/mol. The summed E-state index contributed by atoms with van der Waals surface area (Å²) < 4.78 is 5.38. The highest BCUT2D eigenvalue weighted by Gasteiger charge is 2.14. The molecule has 4 heteroatoms. The van der Waals surface area contributed by atoms with Crippen molar-refractivity contribution in [2.24, 2.45) is 11.8 Å². The molecule has 0 aliphatic heterocycles. The van der Waals surface area contributed by atoms with E-state index in [1.807, 2.05) is 52.8 Å². The average molecular weight is 413 g/mol. The van der Waals surface area contributed by atoms with Gasteiger partial charge in [0.25, 0.3) is 0 Å². The normalized spacial score (nSPS) is 15.9. The van der Waals surface area contributed by atoms with Crippen LogP contribution in [0.3, 0.4) is 0 Å². The molecule has 4 nitrogen and oxygen atoms in total. The summed E-state index contributed by atoms with van der Waals surface area (Å²) in [5.74, 6) is 0.888. The summed E-state index contributed by atoms with van der Waals surface area (Å²) in [7, 11) is 0. The molecule has 0 radical (unpaired) electrons. The molecule has 0 aliphatic carbocycles. The van der Waals surface area contributed by atoms with Crippen LogP contribution in [-0.4, -0.2) is 10.9 Å². The van der Waals surface area contributed by atoms with Crippen LogP contribution < -0.4 is 5.63 Å². The number of aromatic hydroxyl groups is 1. The van der Waals surface area contributed by atoms with Gasteiger partial charge in [-0.2, -0.15) is 0 Å². The molecule has 164 valence electrons. The molecule has 0 saturated carbocycles. The molecule has 2 unspecified atom stereocenters. The van der Waals surface area contributed by atoms with E-state index in [1.165, 1.54) is 0 Å². The molecule has 0 saturated heterocycles. The Labute approximate surface area is 180 Å². The maximum Gasteiger partial charge on any atom is 0.342 e. The van der Waals surface area contributed by atoms with Gasteiger partial charge in [-0.1, -0.05) is 57.1 Å². The Morgan fingerprint density at radius 2 is 1.57 bits per heavy atom. The van der Waals surface area contributed by atoms with Gasteiger partial charge in [-0.3, -0.25) is 4.79 Å². The van der Waals surface area contributed by atoms with Gasteiger partial charge >= 0.3 is 5.63 Å². The number of rotatable bonds is 8. The summed E-state index contributed by atoms with van der Waals surface area (Å²) in [4.78, 5) is 24.5. The first kappa shape index (κ1) is 25.4. The fourth-order valence-electron chi connectivity index (χ4n) is 3.43. The fourth-order valence-corrected chi connectivity index (χ4v) is 3.43. The van der Waals surface area contributed by atoms with Crippen LogP contribution in [0.1, 0.15) is 71.8 Å². The van der Waals surface area contributed by atoms with E-state index in [1.54, 1.807) is 13.8 Å². The molecule has 0 amide bonds. The first-order valence-electron chi connectivity index (χ1n) is 10.5. The summed E-state index contributed by atoms with van der Waals surface area (Å²) in [6, 6.07) is 0. The molecule has 0 fully saturated rings. The minimum absolute atomic E-state index is 0.0260. The van der Waals surface area contributed by atoms with Gasteiger partial charge in [0.2, 0.25) is 0 Å². The van der Waals surface area contributed by atoms with Gasteiger partial charge in [0.1, 0.15) is 11.5 Å². The molecule has 0 aromatic carbocycles. The molecular formula is C26H36O4. The van der Waals surface area contributed by atoms with Crippen molar-refractivity contribution in [2.45, 2.75) is 68.7 Å². The van der Waals surface area contributed by atoms with Gasteiger partial charge in [0.15, 0.2) is 5.78 Å². The van der Waals surface area contributed by atoms with E-state index >= 15 is 0 Å². The number of carbonyl (C=O) groups is 1. The largest absolute Gasteiger partial charge is 0.507 e. The minimum Gasteiger partial charge on any atom is -0.507 e. The molecule has 0 spiro atoms. The Morgan fingerprint density at radius 1 is 1.00 bits per heavy atom. The molecular weight excluding hydrogens is 376 g/mol. The van der Waals surface area contributed by atoms with Crippen molar-refractivity contribution in [2.75, 3.05) is 0 Å². The fraction of sp³-hybridized carbons (Fsp3) is 0.462. The van der Waals surface area contributed by atoms with Crippen LogP contribution in [0, 0.1) is 25.7 Å². The highest BCUT2D eigenvalue weighted by Crippen LogP contribution is 2.27. The lowest BCUT2D eigenvalue weighted by atomic mass is 9.97. The number of hydrogen-bond acceptors (Lipinski definition) is 4. The lowest BCUT2D eigenvalue weighted by molar-refractivity contribution is -0.112. The summed E-state index contributed by atoms with van der Waals surface area (Å²) in [5, 5.41) is 10.1. The van der Waals surface area contributed by atoms with E-state index < -0.39 is 5.63 Å². The smallest absolute Gasteiger partial charge is 0.342 e. The topological polar surface area (TPSA) is 67.5 Å². The van der Waals surface area contributed by atoms with Crippen molar-refractivity contribution >= 4 is 11.4 Å². The second kappa shape index (κ2) is 11.0. The standard InChI is InChI=1S/C26H36O4/c1-10-15(2)12-18(5)23(27)19(6)13-16(3)11-17(4)14-20(7)25-21(8)24(28)22(9)26(29)30-25/h11-16,28H,10H2,1-9H3/b17-11+,18-12+,19-13+,20-14+. The first-order chi connectivity index (χ1) is 13.9. The van der Waals surface area contributed by atoms with Crippen molar-refractivity contribution < 1.29 is 14.3 Å². The predicted octanol–water partition coefficient (Wildman–Crippen LogP) is 6.46. The number of Topliss-reactive ketones (excluding diaryl/α,β-unsaturated/α-hetero) is 1. The lowest BCUT2D eigenvalue weighted by Gasteiger charge is -2.09. The van der Waals surface area contributed by atoms with Crippen LogP contribution in [0.4, 0.5) is 0 Å². The van der Waals surface area contributed by atoms with Crippen LogP contribution in [0.2, 0.25) is 0 Å². The Morgan fingerprint density at radius 3 is 2.13 bits per heavy atom. The minimum atomic E-state index is -0.534. The third kappa shape index (κ3) is 6.72. The zero-order chi connectivity index (χ0) is 23.2. The van der Waals surface area contributed by atoms with Crippen molar-refractivity contribution in [1.82, 2.24) is 0 Å². The highest BCUT2D eigenvalue weighted by atomic mass is 16.4. The van der Waals surface area contributed by atoms with Crippen molar-refractivity contribution in [1.29, 1.82) is 0 Å². The maximum atomic E-state index is 12.6. The molecule has 1 rings (SSSR count). The van der Waals surface area contributed by atoms with E-state index in [-0.39, 0.29) is 23.0 Å². The van der Waals surface area contributed by atoms with Gasteiger partial charge < -0.3 is 9.52 Å². The summed E-state index contributed by atoms with van der Waals surface area (Å²) in [6.45, 7) is 17.0. The zero-order valence-electron chi connectivity index (χ0n) is 19.8. The Balaban J connectivity index is 3.09. The van der Waals surface area contributed by atoms with E-state index in [2.05, 4.69) is 19.9 Å². The summed E-state index contributed by atoms with van der Waals surface area (Å²) in [6.07, 6.45) is 8.97. The molecule has 2 atom stereocenters. The second-order valence-electron chi connectivity index (χ2n) is 8.33. The van der Waals surface area contributed by atoms with Crippen LogP contribution >= 0.6 is 0 Å². The van der Waals surface area contributed by atoms with Crippen molar-refractivity contribution in [3.05, 3.63) is 68.3 Å². The summed E-state index contributed by atoms with van der Waals surface area (Å²) in [5.41, 5.74) is 3.48. The SMILES string of the molecule is CCC(C)/C=C(\C)C(=O)/C(C)=C/C(C)/C=C(C)/C=C(\C)c1oc(=O)c(C)c(O)c1C. The van der Waals surface area contributed by atoms with Crippen molar-refractivity contribution in [3.8, 4) is 5.75 Å². The quantitative estimate of drug-likeness (QED) is 0.393. The van der Waals surface area contributed by atoms with Gasteiger partial charge in [0, 0.05) is 5.56 Å². The monoisotopic (exact) mass is 412 g/mol. The van der Waals surface area contributed by atoms with Crippen LogP contribution in [0.25, 0.3) is 5.57 Å². The number of carbonyl (C=O) groups excluding carboxylic acids is 1. The molecule has 1 heterocycles. The van der Waals surface area contributed by atoms with Crippen LogP contribution in [0.5, 0.6) is 5.75 Å². The Bertz CT molecular complexity index is 967. The highest BCUT2D eigenvalue weighted by molar-refractivity contribution is 6.07. The maximum absolute atomic E-state index is 12.6. The zero-order valence-corrected chi connectivity index (χ0v) is 19.8. The van der Waals surface area contributed by atoms with E-state index in [0.717, 1.165) is 28.7 Å². The van der Waals surface area contributed by atoms with E-state index in [4.69, 9.17) is 4.42 Å². The molecule has 0 bridgehead atoms. The molecule has 1 aromatic heterocycles. The van der Waals surface area contributed by atoms with E-state index in [9.17, 15) is 14.7 Å². The molecule has 30 heavy (non-hydrogen) atoms. The Hall–Kier alpha value is -2.62. The number of ketones is 1. The molecule has 0 aliphatic rings. The third-order valence-electron chi connectivity index (χ3n) is 5.29.